The van der Waals surface area contributed by atoms with Crippen molar-refractivity contribution in [3.05, 3.63) is 24.3 Å². The van der Waals surface area contributed by atoms with Crippen LogP contribution in [0.25, 0.3) is 0 Å². The van der Waals surface area contributed by atoms with Gasteiger partial charge >= 0.3 is 7.82 Å². The summed E-state index contributed by atoms with van der Waals surface area (Å²) in [5.41, 5.74) is 0. The maximum atomic E-state index is 12.9. The zero-order chi connectivity index (χ0) is 47.1. The fourth-order valence-corrected chi connectivity index (χ4v) is 9.01. The molecule has 0 aromatic heterocycles. The van der Waals surface area contributed by atoms with Crippen molar-refractivity contribution in [1.82, 2.24) is 5.32 Å². The van der Waals surface area contributed by atoms with Crippen molar-refractivity contribution in [3.8, 4) is 0 Å². The predicted molar refractivity (Wildman–Crippen MR) is 277 cm³/mol. The molecule has 0 rings (SSSR count). The zero-order valence-corrected chi connectivity index (χ0v) is 44.2. The Morgan fingerprint density at radius 2 is 0.844 bits per heavy atom. The zero-order valence-electron chi connectivity index (χ0n) is 43.3. The molecule has 0 fully saturated rings. The second kappa shape index (κ2) is 47.1. The average Bonchev–Trinajstić information content (AvgIpc) is 3.25. The van der Waals surface area contributed by atoms with Gasteiger partial charge in [0.1, 0.15) is 13.2 Å². The van der Waals surface area contributed by atoms with Crippen LogP contribution in [0.1, 0.15) is 271 Å². The highest BCUT2D eigenvalue weighted by Gasteiger charge is 2.27. The van der Waals surface area contributed by atoms with Gasteiger partial charge in [-0.15, -0.1) is 0 Å². The number of phosphoric acid groups is 1. The average molecular weight is 926 g/mol. The molecule has 380 valence electrons. The van der Waals surface area contributed by atoms with Crippen LogP contribution in [0.2, 0.25) is 0 Å². The third-order valence-electron chi connectivity index (χ3n) is 12.7. The first-order valence-electron chi connectivity index (χ1n) is 27.7. The van der Waals surface area contributed by atoms with Crippen LogP contribution in [-0.2, 0) is 18.4 Å². The minimum absolute atomic E-state index is 0.0636. The minimum atomic E-state index is -4.34. The van der Waals surface area contributed by atoms with E-state index in [9.17, 15) is 19.4 Å². The standard InChI is InChI=1S/C55H109N2O6P/c1-6-8-10-12-14-16-18-19-20-21-22-23-24-25-26-27-28-29-30-31-32-33-34-35-36-37-39-41-43-45-47-49-55(59)56-53(52-63-64(60,61)62-51-50-57(3,4)5)54(58)48-46-44-42-40-38-17-15-13-11-9-7-2/h21-22,46,48,53-54,58H,6-20,23-45,47,49-52H2,1-5H3,(H-,56,59,60,61)/p+1/b22-21-,48-46+. The van der Waals surface area contributed by atoms with E-state index in [1.54, 1.807) is 6.08 Å². The molecule has 0 aromatic rings. The van der Waals surface area contributed by atoms with E-state index < -0.39 is 20.0 Å². The van der Waals surface area contributed by atoms with Gasteiger partial charge in [-0.3, -0.25) is 13.8 Å². The molecule has 0 aliphatic rings. The number of quaternary nitrogens is 1. The van der Waals surface area contributed by atoms with Crippen molar-refractivity contribution in [1.29, 1.82) is 0 Å². The lowest BCUT2D eigenvalue weighted by molar-refractivity contribution is -0.870. The van der Waals surface area contributed by atoms with Gasteiger partial charge in [-0.2, -0.15) is 0 Å². The van der Waals surface area contributed by atoms with Crippen molar-refractivity contribution >= 4 is 13.7 Å². The maximum absolute atomic E-state index is 12.9. The van der Waals surface area contributed by atoms with Crippen LogP contribution in [0.15, 0.2) is 24.3 Å². The Hall–Kier alpha value is -1.02. The molecule has 0 spiro atoms. The number of nitrogens with one attached hydrogen (secondary N) is 1. The lowest BCUT2D eigenvalue weighted by atomic mass is 10.0. The van der Waals surface area contributed by atoms with E-state index in [0.29, 0.717) is 17.4 Å². The van der Waals surface area contributed by atoms with Gasteiger partial charge in [0, 0.05) is 6.42 Å². The van der Waals surface area contributed by atoms with Gasteiger partial charge in [0.2, 0.25) is 5.91 Å². The van der Waals surface area contributed by atoms with Gasteiger partial charge in [0.25, 0.3) is 0 Å². The Kier molecular flexibility index (Phi) is 46.3. The van der Waals surface area contributed by atoms with Crippen molar-refractivity contribution in [2.75, 3.05) is 40.9 Å². The van der Waals surface area contributed by atoms with Crippen LogP contribution in [0.3, 0.4) is 0 Å². The molecule has 0 saturated heterocycles. The first kappa shape index (κ1) is 63.0. The highest BCUT2D eigenvalue weighted by atomic mass is 31.2. The number of nitrogens with zero attached hydrogens (tertiary/aromatic N) is 1. The number of amides is 1. The van der Waals surface area contributed by atoms with E-state index in [0.717, 1.165) is 38.5 Å². The number of rotatable bonds is 51. The topological polar surface area (TPSA) is 105 Å². The van der Waals surface area contributed by atoms with E-state index in [4.69, 9.17) is 9.05 Å². The first-order valence-corrected chi connectivity index (χ1v) is 29.2. The monoisotopic (exact) mass is 926 g/mol. The summed E-state index contributed by atoms with van der Waals surface area (Å²) in [7, 11) is 1.58. The number of carbonyl (C=O) groups excluding carboxylic acids is 1. The van der Waals surface area contributed by atoms with Crippen molar-refractivity contribution in [2.45, 2.75) is 283 Å². The highest BCUT2D eigenvalue weighted by molar-refractivity contribution is 7.47. The molecule has 0 aliphatic heterocycles. The molecule has 8 nitrogen and oxygen atoms in total. The quantitative estimate of drug-likeness (QED) is 0.0243. The van der Waals surface area contributed by atoms with Gasteiger partial charge in [-0.25, -0.2) is 4.57 Å². The van der Waals surface area contributed by atoms with Crippen LogP contribution in [0.5, 0.6) is 0 Å². The largest absolute Gasteiger partial charge is 0.472 e. The van der Waals surface area contributed by atoms with E-state index in [1.165, 1.54) is 212 Å². The Morgan fingerprint density at radius 3 is 1.20 bits per heavy atom. The van der Waals surface area contributed by atoms with E-state index >= 15 is 0 Å². The molecular weight excluding hydrogens is 816 g/mol. The number of hydrogen-bond donors (Lipinski definition) is 3. The van der Waals surface area contributed by atoms with E-state index in [2.05, 4.69) is 31.3 Å². The SMILES string of the molecule is CCCCCCCCCC/C=C\CCCCCCCCCCCCCCCCCCCCCC(=O)NC(COP(=O)(O)OCC[N+](C)(C)C)C(O)/C=C/CCCCCCCCCCC. The second-order valence-corrected chi connectivity index (χ2v) is 21.8. The number of phosphoric ester groups is 1. The number of carbonyl (C=O) groups is 1. The smallest absolute Gasteiger partial charge is 0.387 e. The molecule has 9 heteroatoms. The number of hydrogen-bond acceptors (Lipinski definition) is 5. The number of likely N-dealkylation sites (N-methyl/N-ethyl adjacent to an activating group) is 1. The number of allylic oxidation sites excluding steroid dienone is 3. The van der Waals surface area contributed by atoms with Gasteiger partial charge in [0.05, 0.1) is 39.9 Å². The van der Waals surface area contributed by atoms with Gasteiger partial charge in [-0.1, -0.05) is 244 Å². The van der Waals surface area contributed by atoms with Crippen molar-refractivity contribution < 1.29 is 32.9 Å². The van der Waals surface area contributed by atoms with Gasteiger partial charge < -0.3 is 19.8 Å². The Bertz CT molecular complexity index is 1090. The Labute approximate surface area is 398 Å². The van der Waals surface area contributed by atoms with Crippen LogP contribution < -0.4 is 5.32 Å². The normalized spacial score (nSPS) is 14.2. The molecule has 64 heavy (non-hydrogen) atoms. The molecule has 0 radical (unpaired) electrons. The lowest BCUT2D eigenvalue weighted by Crippen LogP contribution is -2.45. The summed E-state index contributed by atoms with van der Waals surface area (Å²) in [5.74, 6) is -0.174. The molecule has 0 heterocycles. The molecule has 3 unspecified atom stereocenters. The fourth-order valence-electron chi connectivity index (χ4n) is 8.27. The number of aliphatic hydroxyl groups excluding tert-OH is 1. The molecular formula is C55H110N2O6P+. The summed E-state index contributed by atoms with van der Waals surface area (Å²) in [6, 6.07) is -0.842. The number of aliphatic hydroxyl groups is 1. The van der Waals surface area contributed by atoms with Crippen LogP contribution in [0.4, 0.5) is 0 Å². The van der Waals surface area contributed by atoms with Crippen molar-refractivity contribution in [2.24, 2.45) is 0 Å². The molecule has 3 atom stereocenters. The van der Waals surface area contributed by atoms with E-state index in [1.807, 2.05) is 27.2 Å². The first-order chi connectivity index (χ1) is 31.0. The summed E-state index contributed by atoms with van der Waals surface area (Å²) >= 11 is 0. The van der Waals surface area contributed by atoms with Crippen LogP contribution in [0, 0.1) is 0 Å². The van der Waals surface area contributed by atoms with Crippen molar-refractivity contribution in [3.63, 3.8) is 0 Å². The maximum Gasteiger partial charge on any atom is 0.472 e. The summed E-state index contributed by atoms with van der Waals surface area (Å²) < 4.78 is 23.6. The molecule has 0 aliphatic carbocycles. The predicted octanol–water partition coefficient (Wildman–Crippen LogP) is 16.4. The molecule has 3 N–H and O–H groups in total. The third-order valence-corrected chi connectivity index (χ3v) is 13.6. The summed E-state index contributed by atoms with van der Waals surface area (Å²) in [5, 5.41) is 13.8. The Morgan fingerprint density at radius 1 is 0.516 bits per heavy atom. The minimum Gasteiger partial charge on any atom is -0.387 e. The van der Waals surface area contributed by atoms with E-state index in [-0.39, 0.29) is 19.1 Å². The molecule has 1 amide bonds. The van der Waals surface area contributed by atoms with Gasteiger partial charge in [-0.05, 0) is 44.9 Å². The Balaban J connectivity index is 3.98. The second-order valence-electron chi connectivity index (χ2n) is 20.3. The highest BCUT2D eigenvalue weighted by Crippen LogP contribution is 2.43. The lowest BCUT2D eigenvalue weighted by Gasteiger charge is -2.25. The van der Waals surface area contributed by atoms with Crippen LogP contribution >= 0.6 is 7.82 Å². The molecule has 0 aromatic carbocycles. The van der Waals surface area contributed by atoms with Gasteiger partial charge in [0.15, 0.2) is 0 Å². The summed E-state index contributed by atoms with van der Waals surface area (Å²) in [4.78, 5) is 23.2. The number of unbranched alkanes of at least 4 members (excludes halogenated alkanes) is 36. The summed E-state index contributed by atoms with van der Waals surface area (Å²) in [6.07, 6.45) is 58.6. The molecule has 0 saturated carbocycles. The molecule has 0 bridgehead atoms. The fraction of sp³-hybridized carbons (Fsp3) is 0.909. The van der Waals surface area contributed by atoms with Crippen LogP contribution in [-0.4, -0.2) is 73.4 Å². The summed E-state index contributed by atoms with van der Waals surface area (Å²) in [6.45, 7) is 4.82. The third kappa shape index (κ3) is 48.9.